The van der Waals surface area contributed by atoms with E-state index >= 15 is 0 Å². The zero-order valence-electron chi connectivity index (χ0n) is 15.6. The number of methoxy groups -OCH3 is 2. The Labute approximate surface area is 164 Å². The van der Waals surface area contributed by atoms with Crippen LogP contribution in [0.4, 0.5) is 10.1 Å². The van der Waals surface area contributed by atoms with Crippen molar-refractivity contribution in [2.24, 2.45) is 0 Å². The van der Waals surface area contributed by atoms with E-state index in [-0.39, 0.29) is 17.2 Å². The Balaban J connectivity index is 1.90. The summed E-state index contributed by atoms with van der Waals surface area (Å²) < 4.78 is 24.4. The van der Waals surface area contributed by atoms with Crippen LogP contribution in [-0.2, 0) is 6.54 Å². The van der Waals surface area contributed by atoms with Gasteiger partial charge < -0.3 is 19.5 Å². The summed E-state index contributed by atoms with van der Waals surface area (Å²) >= 11 is 6.03. The zero-order chi connectivity index (χ0) is 19.4. The molecule has 0 saturated heterocycles. The molecule has 0 aliphatic heterocycles. The van der Waals surface area contributed by atoms with E-state index < -0.39 is 5.82 Å². The van der Waals surface area contributed by atoms with E-state index in [0.717, 1.165) is 36.9 Å². The number of anilines is 1. The molecule has 0 atom stereocenters. The summed E-state index contributed by atoms with van der Waals surface area (Å²) in [6, 6.07) is 10.9. The lowest BCUT2D eigenvalue weighted by Gasteiger charge is -2.37. The van der Waals surface area contributed by atoms with E-state index in [1.807, 2.05) is 18.2 Å². The summed E-state index contributed by atoms with van der Waals surface area (Å²) in [4.78, 5) is 2.23. The predicted octanol–water partition coefficient (Wildman–Crippen LogP) is 4.81. The van der Waals surface area contributed by atoms with Gasteiger partial charge in [0.2, 0.25) is 0 Å². The Morgan fingerprint density at radius 1 is 1.04 bits per heavy atom. The standard InChI is InChI=1S/C21H25ClFNO3/c1-26-20-10-3-14(11-21(20)27-2)13-24(15-4-7-17(25)8-5-15)16-6-9-19(23)18(22)12-16/h3,6,9-12,15,17,25H,4-5,7-8,13H2,1-2H3. The second-order valence-electron chi connectivity index (χ2n) is 6.88. The first-order chi connectivity index (χ1) is 13.0. The predicted molar refractivity (Wildman–Crippen MR) is 105 cm³/mol. The maximum atomic E-state index is 13.7. The molecule has 1 N–H and O–H groups in total. The molecule has 0 unspecified atom stereocenters. The van der Waals surface area contributed by atoms with Crippen LogP contribution in [0.3, 0.4) is 0 Å². The van der Waals surface area contributed by atoms with Crippen molar-refractivity contribution in [3.63, 3.8) is 0 Å². The lowest BCUT2D eigenvalue weighted by atomic mass is 9.91. The first-order valence-corrected chi connectivity index (χ1v) is 9.50. The van der Waals surface area contributed by atoms with Crippen molar-refractivity contribution in [2.45, 2.75) is 44.4 Å². The number of benzene rings is 2. The topological polar surface area (TPSA) is 41.9 Å². The lowest BCUT2D eigenvalue weighted by molar-refractivity contribution is 0.121. The fourth-order valence-corrected chi connectivity index (χ4v) is 3.82. The van der Waals surface area contributed by atoms with Crippen LogP contribution in [0.15, 0.2) is 36.4 Å². The minimum absolute atomic E-state index is 0.112. The van der Waals surface area contributed by atoms with Crippen LogP contribution in [0.5, 0.6) is 11.5 Å². The molecular formula is C21H25ClFNO3. The van der Waals surface area contributed by atoms with Gasteiger partial charge in [0.05, 0.1) is 25.3 Å². The van der Waals surface area contributed by atoms with E-state index in [4.69, 9.17) is 21.1 Å². The average molecular weight is 394 g/mol. The van der Waals surface area contributed by atoms with Gasteiger partial charge in [-0.15, -0.1) is 0 Å². The Kier molecular flexibility index (Phi) is 6.45. The fraction of sp³-hybridized carbons (Fsp3) is 0.429. The van der Waals surface area contributed by atoms with Crippen LogP contribution in [0, 0.1) is 5.82 Å². The number of ether oxygens (including phenoxy) is 2. The van der Waals surface area contributed by atoms with Crippen LogP contribution >= 0.6 is 11.6 Å². The zero-order valence-corrected chi connectivity index (χ0v) is 16.4. The highest BCUT2D eigenvalue weighted by atomic mass is 35.5. The average Bonchev–Trinajstić information content (AvgIpc) is 2.69. The van der Waals surface area contributed by atoms with Crippen molar-refractivity contribution >= 4 is 17.3 Å². The van der Waals surface area contributed by atoms with E-state index in [2.05, 4.69) is 4.90 Å². The number of aliphatic hydroxyl groups is 1. The van der Waals surface area contributed by atoms with Crippen molar-refractivity contribution < 1.29 is 19.0 Å². The van der Waals surface area contributed by atoms with Crippen molar-refractivity contribution in [1.29, 1.82) is 0 Å². The molecule has 4 nitrogen and oxygen atoms in total. The van der Waals surface area contributed by atoms with Crippen LogP contribution in [0.25, 0.3) is 0 Å². The van der Waals surface area contributed by atoms with E-state index in [1.54, 1.807) is 26.4 Å². The van der Waals surface area contributed by atoms with Gasteiger partial charge in [-0.05, 0) is 61.6 Å². The van der Waals surface area contributed by atoms with Crippen molar-refractivity contribution in [3.8, 4) is 11.5 Å². The molecule has 1 aliphatic rings. The molecular weight excluding hydrogens is 369 g/mol. The number of rotatable bonds is 6. The summed E-state index contributed by atoms with van der Waals surface area (Å²) in [6.45, 7) is 0.628. The van der Waals surface area contributed by atoms with Gasteiger partial charge in [0.15, 0.2) is 11.5 Å². The van der Waals surface area contributed by atoms with Gasteiger partial charge in [0, 0.05) is 18.3 Å². The third kappa shape index (κ3) is 4.66. The molecule has 27 heavy (non-hydrogen) atoms. The molecule has 6 heteroatoms. The molecule has 1 aliphatic carbocycles. The second-order valence-corrected chi connectivity index (χ2v) is 7.29. The SMILES string of the molecule is COc1ccc(CN(c2ccc(F)c(Cl)c2)C2CCC(O)CC2)cc1OC. The van der Waals surface area contributed by atoms with Crippen LogP contribution in [-0.4, -0.2) is 31.5 Å². The van der Waals surface area contributed by atoms with Gasteiger partial charge in [0.1, 0.15) is 5.82 Å². The first kappa shape index (κ1) is 19.8. The minimum atomic E-state index is -0.425. The minimum Gasteiger partial charge on any atom is -0.493 e. The number of halogens is 2. The monoisotopic (exact) mass is 393 g/mol. The summed E-state index contributed by atoms with van der Waals surface area (Å²) in [5.74, 6) is 0.926. The highest BCUT2D eigenvalue weighted by Gasteiger charge is 2.26. The van der Waals surface area contributed by atoms with Gasteiger partial charge in [-0.3, -0.25) is 0 Å². The molecule has 146 valence electrons. The normalized spacial score (nSPS) is 19.6. The van der Waals surface area contributed by atoms with E-state index in [9.17, 15) is 9.50 Å². The number of nitrogens with zero attached hydrogens (tertiary/aromatic N) is 1. The number of aliphatic hydroxyl groups excluding tert-OH is 1. The van der Waals surface area contributed by atoms with Gasteiger partial charge in [-0.25, -0.2) is 4.39 Å². The number of hydrogen-bond acceptors (Lipinski definition) is 4. The molecule has 1 saturated carbocycles. The van der Waals surface area contributed by atoms with Gasteiger partial charge in [-0.1, -0.05) is 17.7 Å². The Hall–Kier alpha value is -1.98. The van der Waals surface area contributed by atoms with Gasteiger partial charge in [-0.2, -0.15) is 0 Å². The molecule has 3 rings (SSSR count). The van der Waals surface area contributed by atoms with E-state index in [0.29, 0.717) is 18.0 Å². The Morgan fingerprint density at radius 3 is 2.37 bits per heavy atom. The molecule has 0 bridgehead atoms. The molecule has 2 aromatic rings. The maximum Gasteiger partial charge on any atom is 0.161 e. The molecule has 1 fully saturated rings. The molecule has 0 heterocycles. The highest BCUT2D eigenvalue weighted by molar-refractivity contribution is 6.31. The second kappa shape index (κ2) is 8.81. The van der Waals surface area contributed by atoms with Crippen LogP contribution in [0.2, 0.25) is 5.02 Å². The van der Waals surface area contributed by atoms with Gasteiger partial charge in [0.25, 0.3) is 0 Å². The number of hydrogen-bond donors (Lipinski definition) is 1. The summed E-state index contributed by atoms with van der Waals surface area (Å²) in [5, 5.41) is 9.97. The maximum absolute atomic E-state index is 13.7. The lowest BCUT2D eigenvalue weighted by Crippen LogP contribution is -2.38. The molecule has 2 aromatic carbocycles. The third-order valence-corrected chi connectivity index (χ3v) is 5.43. The smallest absolute Gasteiger partial charge is 0.161 e. The summed E-state index contributed by atoms with van der Waals surface area (Å²) in [7, 11) is 3.22. The Bertz CT molecular complexity index is 778. The van der Waals surface area contributed by atoms with Crippen molar-refractivity contribution in [3.05, 3.63) is 52.8 Å². The van der Waals surface area contributed by atoms with Crippen LogP contribution in [0.1, 0.15) is 31.2 Å². The largest absolute Gasteiger partial charge is 0.493 e. The fourth-order valence-electron chi connectivity index (χ4n) is 3.64. The van der Waals surface area contributed by atoms with E-state index in [1.165, 1.54) is 6.07 Å². The molecule has 0 spiro atoms. The third-order valence-electron chi connectivity index (χ3n) is 5.14. The quantitative estimate of drug-likeness (QED) is 0.765. The highest BCUT2D eigenvalue weighted by Crippen LogP contribution is 2.33. The van der Waals surface area contributed by atoms with Crippen molar-refractivity contribution in [1.82, 2.24) is 0 Å². The Morgan fingerprint density at radius 2 is 1.74 bits per heavy atom. The van der Waals surface area contributed by atoms with Crippen LogP contribution < -0.4 is 14.4 Å². The van der Waals surface area contributed by atoms with Crippen molar-refractivity contribution in [2.75, 3.05) is 19.1 Å². The first-order valence-electron chi connectivity index (χ1n) is 9.12. The molecule has 0 radical (unpaired) electrons. The van der Waals surface area contributed by atoms with Gasteiger partial charge >= 0.3 is 0 Å². The molecule has 0 amide bonds. The summed E-state index contributed by atoms with van der Waals surface area (Å²) in [5.41, 5.74) is 1.93. The molecule has 0 aromatic heterocycles. The summed E-state index contributed by atoms with van der Waals surface area (Å²) in [6.07, 6.45) is 3.05.